The molecule has 6 heteroatoms. The smallest absolute Gasteiger partial charge is 0.133 e. The van der Waals surface area contributed by atoms with Crippen molar-refractivity contribution in [3.8, 4) is 0 Å². The number of nitrogens with two attached hydrogens (primary N) is 1. The van der Waals surface area contributed by atoms with Crippen molar-refractivity contribution in [3.05, 3.63) is 53.1 Å². The zero-order chi connectivity index (χ0) is 14.0. The second kappa shape index (κ2) is 5.44. The Balaban J connectivity index is 2.22. The summed E-state index contributed by atoms with van der Waals surface area (Å²) in [7, 11) is 0. The summed E-state index contributed by atoms with van der Waals surface area (Å²) in [6.45, 7) is 2.63. The molecule has 1 aromatic carbocycles. The highest BCUT2D eigenvalue weighted by atomic mass is 19.1. The first-order valence-corrected chi connectivity index (χ1v) is 5.92. The first-order valence-electron chi connectivity index (χ1n) is 5.92. The largest absolute Gasteiger partial charge is 0.323 e. The van der Waals surface area contributed by atoms with Gasteiger partial charge in [-0.15, -0.1) is 0 Å². The lowest BCUT2D eigenvalue weighted by molar-refractivity contribution is 0.501. The molecule has 0 bridgehead atoms. The monoisotopic (exact) mass is 269 g/mol. The first-order chi connectivity index (χ1) is 9.01. The van der Waals surface area contributed by atoms with Gasteiger partial charge in [0, 0.05) is 36.5 Å². The molecule has 3 nitrogen and oxygen atoms in total. The maximum absolute atomic E-state index is 13.6. The van der Waals surface area contributed by atoms with E-state index in [-0.39, 0.29) is 12.0 Å². The van der Waals surface area contributed by atoms with E-state index in [4.69, 9.17) is 5.73 Å². The van der Waals surface area contributed by atoms with E-state index in [1.54, 1.807) is 17.1 Å². The van der Waals surface area contributed by atoms with Crippen LogP contribution in [0.15, 0.2) is 24.5 Å². The van der Waals surface area contributed by atoms with Gasteiger partial charge in [0.2, 0.25) is 0 Å². The van der Waals surface area contributed by atoms with Gasteiger partial charge in [-0.2, -0.15) is 5.10 Å². The first kappa shape index (κ1) is 13.6. The number of aromatic nitrogens is 2. The SMILES string of the molecule is CCn1cc(CC(N)c2c(F)cc(F)cc2F)cn1. The fourth-order valence-corrected chi connectivity index (χ4v) is 1.95. The second-order valence-electron chi connectivity index (χ2n) is 4.30. The molecule has 1 heterocycles. The number of aryl methyl sites for hydroxylation is 1. The van der Waals surface area contributed by atoms with Crippen molar-refractivity contribution in [3.63, 3.8) is 0 Å². The van der Waals surface area contributed by atoms with Crippen LogP contribution in [-0.4, -0.2) is 9.78 Å². The molecule has 0 aliphatic heterocycles. The zero-order valence-corrected chi connectivity index (χ0v) is 10.4. The average Bonchev–Trinajstić information content (AvgIpc) is 2.75. The number of benzene rings is 1. The van der Waals surface area contributed by atoms with Crippen molar-refractivity contribution in [1.82, 2.24) is 9.78 Å². The Kier molecular flexibility index (Phi) is 3.90. The Labute approximate surface area is 108 Å². The van der Waals surface area contributed by atoms with Crippen LogP contribution in [0.4, 0.5) is 13.2 Å². The predicted molar refractivity (Wildman–Crippen MR) is 64.8 cm³/mol. The van der Waals surface area contributed by atoms with Gasteiger partial charge >= 0.3 is 0 Å². The van der Waals surface area contributed by atoms with Gasteiger partial charge in [0.05, 0.1) is 6.20 Å². The van der Waals surface area contributed by atoms with Crippen LogP contribution >= 0.6 is 0 Å². The lowest BCUT2D eigenvalue weighted by atomic mass is 10.0. The number of hydrogen-bond acceptors (Lipinski definition) is 2. The van der Waals surface area contributed by atoms with Gasteiger partial charge in [0.1, 0.15) is 17.5 Å². The summed E-state index contributed by atoms with van der Waals surface area (Å²) in [4.78, 5) is 0. The molecule has 0 radical (unpaired) electrons. The third-order valence-electron chi connectivity index (χ3n) is 2.88. The quantitative estimate of drug-likeness (QED) is 0.927. The molecule has 1 unspecified atom stereocenters. The fraction of sp³-hybridized carbons (Fsp3) is 0.308. The van der Waals surface area contributed by atoms with Crippen LogP contribution in [0.2, 0.25) is 0 Å². The molecular formula is C13H14F3N3. The van der Waals surface area contributed by atoms with E-state index in [1.807, 2.05) is 6.92 Å². The summed E-state index contributed by atoms with van der Waals surface area (Å²) in [6, 6.07) is 0.386. The molecule has 1 aromatic heterocycles. The number of rotatable bonds is 4. The minimum atomic E-state index is -0.965. The van der Waals surface area contributed by atoms with E-state index in [2.05, 4.69) is 5.10 Å². The van der Waals surface area contributed by atoms with Crippen LogP contribution in [0.1, 0.15) is 24.1 Å². The van der Waals surface area contributed by atoms with Crippen molar-refractivity contribution in [2.24, 2.45) is 5.73 Å². The fourth-order valence-electron chi connectivity index (χ4n) is 1.95. The lowest BCUT2D eigenvalue weighted by Gasteiger charge is -2.13. The van der Waals surface area contributed by atoms with Crippen molar-refractivity contribution in [2.75, 3.05) is 0 Å². The number of hydrogen-bond donors (Lipinski definition) is 1. The van der Waals surface area contributed by atoms with Crippen molar-refractivity contribution < 1.29 is 13.2 Å². The highest BCUT2D eigenvalue weighted by Gasteiger charge is 2.19. The highest BCUT2D eigenvalue weighted by Crippen LogP contribution is 2.23. The topological polar surface area (TPSA) is 43.8 Å². The van der Waals surface area contributed by atoms with Crippen LogP contribution in [0.25, 0.3) is 0 Å². The van der Waals surface area contributed by atoms with Crippen LogP contribution in [0, 0.1) is 17.5 Å². The van der Waals surface area contributed by atoms with E-state index in [9.17, 15) is 13.2 Å². The third-order valence-corrected chi connectivity index (χ3v) is 2.88. The molecule has 102 valence electrons. The maximum Gasteiger partial charge on any atom is 0.133 e. The molecule has 0 saturated carbocycles. The Bertz CT molecular complexity index is 557. The molecule has 2 N–H and O–H groups in total. The van der Waals surface area contributed by atoms with Gasteiger partial charge in [-0.25, -0.2) is 13.2 Å². The van der Waals surface area contributed by atoms with Gasteiger partial charge in [-0.1, -0.05) is 0 Å². The van der Waals surface area contributed by atoms with E-state index in [0.717, 1.165) is 5.56 Å². The molecule has 0 saturated heterocycles. The zero-order valence-electron chi connectivity index (χ0n) is 10.4. The molecule has 0 amide bonds. The van der Waals surface area contributed by atoms with Crippen LogP contribution in [-0.2, 0) is 13.0 Å². The van der Waals surface area contributed by atoms with Gasteiger partial charge < -0.3 is 5.73 Å². The highest BCUT2D eigenvalue weighted by molar-refractivity contribution is 5.25. The number of nitrogens with zero attached hydrogens (tertiary/aromatic N) is 2. The Morgan fingerprint density at radius 3 is 2.42 bits per heavy atom. The minimum Gasteiger partial charge on any atom is -0.323 e. The van der Waals surface area contributed by atoms with Crippen molar-refractivity contribution >= 4 is 0 Å². The Hall–Kier alpha value is -1.82. The molecule has 2 aromatic rings. The normalized spacial score (nSPS) is 12.7. The second-order valence-corrected chi connectivity index (χ2v) is 4.30. The van der Waals surface area contributed by atoms with Crippen LogP contribution < -0.4 is 5.73 Å². The standard InChI is InChI=1S/C13H14F3N3/c1-2-19-7-8(6-18-19)3-12(17)13-10(15)4-9(14)5-11(13)16/h4-7,12H,2-3,17H2,1H3. The van der Waals surface area contributed by atoms with E-state index >= 15 is 0 Å². The summed E-state index contributed by atoms with van der Waals surface area (Å²) in [5.41, 5.74) is 6.27. The van der Waals surface area contributed by atoms with E-state index in [0.29, 0.717) is 18.7 Å². The molecule has 2 rings (SSSR count). The molecule has 0 aliphatic rings. The van der Waals surface area contributed by atoms with E-state index < -0.39 is 23.5 Å². The van der Waals surface area contributed by atoms with Crippen LogP contribution in [0.3, 0.4) is 0 Å². The Morgan fingerprint density at radius 1 is 1.26 bits per heavy atom. The minimum absolute atomic E-state index is 0.236. The lowest BCUT2D eigenvalue weighted by Crippen LogP contribution is -2.17. The summed E-state index contributed by atoms with van der Waals surface area (Å²) in [5.74, 6) is -2.88. The average molecular weight is 269 g/mol. The Morgan fingerprint density at radius 2 is 1.89 bits per heavy atom. The maximum atomic E-state index is 13.6. The van der Waals surface area contributed by atoms with Crippen molar-refractivity contribution in [2.45, 2.75) is 25.9 Å². The van der Waals surface area contributed by atoms with E-state index in [1.165, 1.54) is 0 Å². The summed E-state index contributed by atoms with van der Waals surface area (Å²) in [5, 5.41) is 4.05. The molecular weight excluding hydrogens is 255 g/mol. The molecule has 19 heavy (non-hydrogen) atoms. The summed E-state index contributed by atoms with van der Waals surface area (Å²) in [6.07, 6.45) is 3.60. The van der Waals surface area contributed by atoms with Crippen LogP contribution in [0.5, 0.6) is 0 Å². The van der Waals surface area contributed by atoms with Crippen molar-refractivity contribution in [1.29, 1.82) is 0 Å². The van der Waals surface area contributed by atoms with Gasteiger partial charge in [-0.05, 0) is 18.9 Å². The molecule has 0 aliphatic carbocycles. The molecule has 0 fully saturated rings. The van der Waals surface area contributed by atoms with Gasteiger partial charge in [0.25, 0.3) is 0 Å². The predicted octanol–water partition coefficient (Wildman–Crippen LogP) is 2.56. The third kappa shape index (κ3) is 2.96. The van der Waals surface area contributed by atoms with Gasteiger partial charge in [-0.3, -0.25) is 4.68 Å². The molecule has 1 atom stereocenters. The summed E-state index contributed by atoms with van der Waals surface area (Å²) >= 11 is 0. The summed E-state index contributed by atoms with van der Waals surface area (Å²) < 4.78 is 41.6. The molecule has 0 spiro atoms. The number of halogens is 3. The van der Waals surface area contributed by atoms with Gasteiger partial charge in [0.15, 0.2) is 0 Å².